The molecule has 0 aliphatic heterocycles. The van der Waals surface area contributed by atoms with Crippen LogP contribution >= 0.6 is 39.3 Å². The van der Waals surface area contributed by atoms with Crippen molar-refractivity contribution in [1.29, 1.82) is 0 Å². The van der Waals surface area contributed by atoms with Gasteiger partial charge in [-0.05, 0) is 39.8 Å². The summed E-state index contributed by atoms with van der Waals surface area (Å²) in [5.41, 5.74) is -0.311. The van der Waals surface area contributed by atoms with Crippen LogP contribution in [-0.2, 0) is 0 Å². The fraction of sp³-hybridized carbons (Fsp3) is 0. The summed E-state index contributed by atoms with van der Waals surface area (Å²) >= 11 is 9.99. The van der Waals surface area contributed by atoms with Gasteiger partial charge in [0.25, 0.3) is 0 Å². The molecule has 0 N–H and O–H groups in total. The molecule has 2 heterocycles. The van der Waals surface area contributed by atoms with E-state index in [2.05, 4.69) is 30.9 Å². The van der Waals surface area contributed by atoms with Gasteiger partial charge in [0.15, 0.2) is 5.03 Å². The van der Waals surface area contributed by atoms with Gasteiger partial charge in [-0.3, -0.25) is 10.1 Å². The zero-order valence-electron chi connectivity index (χ0n) is 8.58. The molecule has 0 unspecified atom stereocenters. The van der Waals surface area contributed by atoms with Gasteiger partial charge in [0.05, 0.1) is 4.92 Å². The van der Waals surface area contributed by atoms with E-state index in [0.717, 1.165) is 16.2 Å². The molecule has 0 spiro atoms. The topological polar surface area (TPSA) is 81.8 Å². The van der Waals surface area contributed by atoms with E-state index in [9.17, 15) is 10.1 Å². The van der Waals surface area contributed by atoms with Gasteiger partial charge in [-0.1, -0.05) is 11.6 Å². The van der Waals surface area contributed by atoms with Crippen molar-refractivity contribution in [3.8, 4) is 0 Å². The summed E-state index contributed by atoms with van der Waals surface area (Å²) in [4.78, 5) is 21.8. The minimum Gasteiger partial charge on any atom is -0.258 e. The van der Waals surface area contributed by atoms with Crippen molar-refractivity contribution in [3.63, 3.8) is 0 Å². The smallest absolute Gasteiger partial charge is 0.258 e. The maximum Gasteiger partial charge on any atom is 0.338 e. The standard InChI is InChI=1S/C9H4BrClN4O2S/c10-5-1-2-6(12-3-5)18-9-7(15(16)17)8(11)13-4-14-9/h1-4H. The Morgan fingerprint density at radius 2 is 2.11 bits per heavy atom. The Balaban J connectivity index is 2.37. The van der Waals surface area contributed by atoms with E-state index in [1.54, 1.807) is 18.3 Å². The van der Waals surface area contributed by atoms with E-state index in [0.29, 0.717) is 5.03 Å². The molecule has 0 radical (unpaired) electrons. The van der Waals surface area contributed by atoms with Crippen LogP contribution in [0.3, 0.4) is 0 Å². The molecule has 0 bridgehead atoms. The third-order valence-electron chi connectivity index (χ3n) is 1.83. The Labute approximate surface area is 119 Å². The number of nitrogens with zero attached hydrogens (tertiary/aromatic N) is 4. The fourth-order valence-electron chi connectivity index (χ4n) is 1.09. The van der Waals surface area contributed by atoms with E-state index in [1.807, 2.05) is 0 Å². The van der Waals surface area contributed by atoms with Crippen molar-refractivity contribution in [2.45, 2.75) is 10.1 Å². The van der Waals surface area contributed by atoms with Gasteiger partial charge in [0, 0.05) is 10.7 Å². The predicted molar refractivity (Wildman–Crippen MR) is 69.8 cm³/mol. The van der Waals surface area contributed by atoms with Crippen LogP contribution < -0.4 is 0 Å². The first-order chi connectivity index (χ1) is 8.58. The average molecular weight is 348 g/mol. The molecule has 9 heteroatoms. The predicted octanol–water partition coefficient (Wildman–Crippen LogP) is 3.35. The summed E-state index contributed by atoms with van der Waals surface area (Å²) in [7, 11) is 0. The second-order valence-electron chi connectivity index (χ2n) is 2.99. The number of hydrogen-bond acceptors (Lipinski definition) is 6. The number of rotatable bonds is 3. The van der Waals surface area contributed by atoms with E-state index in [1.165, 1.54) is 6.33 Å². The molecule has 0 atom stereocenters. The molecule has 0 aromatic carbocycles. The zero-order valence-corrected chi connectivity index (χ0v) is 11.7. The van der Waals surface area contributed by atoms with Gasteiger partial charge in [-0.2, -0.15) is 0 Å². The molecule has 0 aliphatic carbocycles. The highest BCUT2D eigenvalue weighted by Gasteiger charge is 2.22. The van der Waals surface area contributed by atoms with Gasteiger partial charge < -0.3 is 0 Å². The lowest BCUT2D eigenvalue weighted by Gasteiger charge is -2.01. The van der Waals surface area contributed by atoms with E-state index < -0.39 is 4.92 Å². The lowest BCUT2D eigenvalue weighted by molar-refractivity contribution is -0.388. The molecule has 6 nitrogen and oxygen atoms in total. The molecule has 2 rings (SSSR count). The third-order valence-corrected chi connectivity index (χ3v) is 3.52. The summed E-state index contributed by atoms with van der Waals surface area (Å²) in [6.07, 6.45) is 2.77. The molecular weight excluding hydrogens is 344 g/mol. The molecule has 0 fully saturated rings. The van der Waals surface area contributed by atoms with Crippen LogP contribution in [0, 0.1) is 10.1 Å². The van der Waals surface area contributed by atoms with Crippen LogP contribution in [0.4, 0.5) is 5.69 Å². The highest BCUT2D eigenvalue weighted by atomic mass is 79.9. The van der Waals surface area contributed by atoms with Gasteiger partial charge in [0.2, 0.25) is 5.15 Å². The largest absolute Gasteiger partial charge is 0.338 e. The maximum atomic E-state index is 10.9. The highest BCUT2D eigenvalue weighted by Crippen LogP contribution is 2.35. The molecular formula is C9H4BrClN4O2S. The molecule has 2 aromatic rings. The Morgan fingerprint density at radius 1 is 1.33 bits per heavy atom. The fourth-order valence-corrected chi connectivity index (χ4v) is 2.39. The van der Waals surface area contributed by atoms with Crippen LogP contribution in [0.1, 0.15) is 0 Å². The van der Waals surface area contributed by atoms with Gasteiger partial charge >= 0.3 is 5.69 Å². The minimum absolute atomic E-state index is 0.162. The van der Waals surface area contributed by atoms with Crippen molar-refractivity contribution in [3.05, 3.63) is 44.4 Å². The van der Waals surface area contributed by atoms with Crippen LogP contribution in [0.25, 0.3) is 0 Å². The van der Waals surface area contributed by atoms with E-state index >= 15 is 0 Å². The van der Waals surface area contributed by atoms with Gasteiger partial charge in [0.1, 0.15) is 11.4 Å². The number of aromatic nitrogens is 3. The van der Waals surface area contributed by atoms with Crippen LogP contribution in [0.15, 0.2) is 39.2 Å². The van der Waals surface area contributed by atoms with Gasteiger partial charge in [-0.25, -0.2) is 15.0 Å². The van der Waals surface area contributed by atoms with Crippen LogP contribution in [0.2, 0.25) is 5.15 Å². The van der Waals surface area contributed by atoms with Crippen molar-refractivity contribution in [1.82, 2.24) is 15.0 Å². The SMILES string of the molecule is O=[N+]([O-])c1c(Cl)ncnc1Sc1ccc(Br)cn1. The average Bonchev–Trinajstić information content (AvgIpc) is 2.32. The summed E-state index contributed by atoms with van der Waals surface area (Å²) in [6.45, 7) is 0. The minimum atomic E-state index is -0.608. The van der Waals surface area contributed by atoms with Crippen molar-refractivity contribution < 1.29 is 4.92 Å². The number of halogens is 2. The van der Waals surface area contributed by atoms with E-state index in [-0.39, 0.29) is 15.9 Å². The van der Waals surface area contributed by atoms with Crippen LogP contribution in [-0.4, -0.2) is 19.9 Å². The molecule has 0 amide bonds. The Morgan fingerprint density at radius 3 is 2.72 bits per heavy atom. The summed E-state index contributed by atoms with van der Waals surface area (Å²) < 4.78 is 0.821. The number of nitro groups is 1. The van der Waals surface area contributed by atoms with Gasteiger partial charge in [-0.15, -0.1) is 0 Å². The molecule has 18 heavy (non-hydrogen) atoms. The molecule has 92 valence electrons. The monoisotopic (exact) mass is 346 g/mol. The molecule has 2 aromatic heterocycles. The quantitative estimate of drug-likeness (QED) is 0.481. The highest BCUT2D eigenvalue weighted by molar-refractivity contribution is 9.10. The summed E-state index contributed by atoms with van der Waals surface area (Å²) in [6, 6.07) is 3.50. The molecule has 0 aliphatic rings. The number of hydrogen-bond donors (Lipinski definition) is 0. The van der Waals surface area contributed by atoms with Crippen molar-refractivity contribution >= 4 is 45.0 Å². The Kier molecular flexibility index (Phi) is 4.10. The Bertz CT molecular complexity index is 596. The number of pyridine rings is 1. The first-order valence-electron chi connectivity index (χ1n) is 4.52. The second-order valence-corrected chi connectivity index (χ2v) is 5.27. The first kappa shape index (κ1) is 13.2. The summed E-state index contributed by atoms with van der Waals surface area (Å²) in [5.74, 6) is 0. The maximum absolute atomic E-state index is 10.9. The van der Waals surface area contributed by atoms with E-state index in [4.69, 9.17) is 11.6 Å². The lowest BCUT2D eigenvalue weighted by Crippen LogP contribution is -1.96. The van der Waals surface area contributed by atoms with Crippen LogP contribution in [0.5, 0.6) is 0 Å². The first-order valence-corrected chi connectivity index (χ1v) is 6.51. The zero-order chi connectivity index (χ0) is 13.1. The molecule has 0 saturated carbocycles. The van der Waals surface area contributed by atoms with Crippen molar-refractivity contribution in [2.75, 3.05) is 0 Å². The lowest BCUT2D eigenvalue weighted by atomic mass is 10.5. The molecule has 0 saturated heterocycles. The Hall–Kier alpha value is -1.25. The second kappa shape index (κ2) is 5.59. The third kappa shape index (κ3) is 2.95. The normalized spacial score (nSPS) is 10.3. The van der Waals surface area contributed by atoms with Crippen molar-refractivity contribution in [2.24, 2.45) is 0 Å². The summed E-state index contributed by atoms with van der Waals surface area (Å²) in [5, 5.41) is 11.4.